The monoisotopic (exact) mass is 438 g/mol. The van der Waals surface area contributed by atoms with Crippen molar-refractivity contribution in [2.45, 2.75) is 19.9 Å². The van der Waals surface area contributed by atoms with Gasteiger partial charge in [0.25, 0.3) is 5.56 Å². The van der Waals surface area contributed by atoms with Crippen LogP contribution in [-0.4, -0.2) is 22.1 Å². The first kappa shape index (κ1) is 20.3. The molecule has 5 nitrogen and oxygen atoms in total. The molecule has 0 atom stereocenters. The molecule has 0 aliphatic rings. The third kappa shape index (κ3) is 4.30. The molecule has 4 aromatic rings. The Morgan fingerprint density at radius 1 is 1.10 bits per heavy atom. The zero-order valence-electron chi connectivity index (χ0n) is 16.3. The number of nitrogens with zero attached hydrogens (tertiary/aromatic N) is 2. The summed E-state index contributed by atoms with van der Waals surface area (Å²) in [6.07, 6.45) is 2.16. The SMILES string of the molecule is Cc1c(C(=O)OCCc2ccccc2)sc2ncn(Cc3ccc(Cl)cc3)c(=O)c12. The fourth-order valence-corrected chi connectivity index (χ4v) is 4.38. The Hall–Kier alpha value is -2.96. The lowest BCUT2D eigenvalue weighted by molar-refractivity contribution is 0.0514. The molecule has 30 heavy (non-hydrogen) atoms. The van der Waals surface area contributed by atoms with E-state index in [1.807, 2.05) is 42.5 Å². The average molecular weight is 439 g/mol. The van der Waals surface area contributed by atoms with Gasteiger partial charge in [0.2, 0.25) is 0 Å². The van der Waals surface area contributed by atoms with Crippen molar-refractivity contribution in [2.24, 2.45) is 0 Å². The lowest BCUT2D eigenvalue weighted by Gasteiger charge is -2.06. The van der Waals surface area contributed by atoms with Crippen LogP contribution in [0.25, 0.3) is 10.2 Å². The number of aromatic nitrogens is 2. The molecule has 2 aromatic heterocycles. The summed E-state index contributed by atoms with van der Waals surface area (Å²) >= 11 is 7.12. The fraction of sp³-hybridized carbons (Fsp3) is 0.174. The number of hydrogen-bond donors (Lipinski definition) is 0. The predicted octanol–water partition coefficient (Wildman–Crippen LogP) is 4.87. The van der Waals surface area contributed by atoms with Gasteiger partial charge >= 0.3 is 5.97 Å². The minimum Gasteiger partial charge on any atom is -0.461 e. The van der Waals surface area contributed by atoms with Gasteiger partial charge in [-0.3, -0.25) is 9.36 Å². The minimum atomic E-state index is -0.421. The molecule has 0 saturated carbocycles. The van der Waals surface area contributed by atoms with Crippen molar-refractivity contribution in [3.8, 4) is 0 Å². The van der Waals surface area contributed by atoms with E-state index < -0.39 is 5.97 Å². The molecule has 0 amide bonds. The summed E-state index contributed by atoms with van der Waals surface area (Å²) in [6.45, 7) is 2.43. The summed E-state index contributed by atoms with van der Waals surface area (Å²) in [5.41, 5.74) is 2.48. The Labute approximate surface area is 182 Å². The van der Waals surface area contributed by atoms with Gasteiger partial charge in [-0.2, -0.15) is 0 Å². The van der Waals surface area contributed by atoms with Crippen molar-refractivity contribution >= 4 is 39.1 Å². The van der Waals surface area contributed by atoms with Crippen LogP contribution >= 0.6 is 22.9 Å². The standard InChI is InChI=1S/C23H19ClN2O3S/c1-15-19-21(25-14-26(22(19)27)13-17-7-9-18(24)10-8-17)30-20(15)23(28)29-12-11-16-5-3-2-4-6-16/h2-10,14H,11-13H2,1H3. The van der Waals surface area contributed by atoms with Crippen LogP contribution in [0.15, 0.2) is 65.7 Å². The number of aryl methyl sites for hydroxylation is 1. The van der Waals surface area contributed by atoms with Gasteiger partial charge in [-0.1, -0.05) is 54.1 Å². The van der Waals surface area contributed by atoms with Gasteiger partial charge < -0.3 is 4.74 Å². The van der Waals surface area contributed by atoms with Crippen LogP contribution in [0.1, 0.15) is 26.4 Å². The summed E-state index contributed by atoms with van der Waals surface area (Å²) < 4.78 is 6.98. The molecule has 0 bridgehead atoms. The number of carbonyl (C=O) groups excluding carboxylic acids is 1. The Kier molecular flexibility index (Phi) is 5.97. The van der Waals surface area contributed by atoms with Crippen LogP contribution < -0.4 is 5.56 Å². The molecule has 0 aliphatic carbocycles. The van der Waals surface area contributed by atoms with Crippen LogP contribution in [0.2, 0.25) is 5.02 Å². The third-order valence-corrected chi connectivity index (χ3v) is 6.27. The summed E-state index contributed by atoms with van der Waals surface area (Å²) in [6, 6.07) is 17.1. The van der Waals surface area contributed by atoms with Crippen LogP contribution in [0.5, 0.6) is 0 Å². The van der Waals surface area contributed by atoms with Crippen molar-refractivity contribution in [2.75, 3.05) is 6.61 Å². The Balaban J connectivity index is 1.54. The van der Waals surface area contributed by atoms with Gasteiger partial charge in [0.05, 0.1) is 24.9 Å². The highest BCUT2D eigenvalue weighted by molar-refractivity contribution is 7.20. The van der Waals surface area contributed by atoms with E-state index in [2.05, 4.69) is 4.98 Å². The minimum absolute atomic E-state index is 0.174. The second-order valence-corrected chi connectivity index (χ2v) is 8.35. The van der Waals surface area contributed by atoms with Gasteiger partial charge in [0.15, 0.2) is 0 Å². The summed E-state index contributed by atoms with van der Waals surface area (Å²) in [5.74, 6) is -0.421. The zero-order chi connectivity index (χ0) is 21.1. The van der Waals surface area contributed by atoms with E-state index in [1.54, 1.807) is 19.1 Å². The maximum atomic E-state index is 13.0. The highest BCUT2D eigenvalue weighted by Gasteiger charge is 2.20. The Morgan fingerprint density at radius 2 is 1.83 bits per heavy atom. The van der Waals surface area contributed by atoms with Crippen molar-refractivity contribution in [1.82, 2.24) is 9.55 Å². The molecule has 0 fully saturated rings. The highest BCUT2D eigenvalue weighted by atomic mass is 35.5. The summed E-state index contributed by atoms with van der Waals surface area (Å²) in [4.78, 5) is 31.0. The number of esters is 1. The largest absolute Gasteiger partial charge is 0.461 e. The zero-order valence-corrected chi connectivity index (χ0v) is 17.9. The molecule has 7 heteroatoms. The van der Waals surface area contributed by atoms with E-state index >= 15 is 0 Å². The van der Waals surface area contributed by atoms with Gasteiger partial charge in [-0.15, -0.1) is 11.3 Å². The molecule has 0 saturated heterocycles. The van der Waals surface area contributed by atoms with Crippen LogP contribution in [0, 0.1) is 6.92 Å². The lowest BCUT2D eigenvalue weighted by atomic mass is 10.2. The van der Waals surface area contributed by atoms with Crippen LogP contribution in [-0.2, 0) is 17.7 Å². The molecule has 2 aromatic carbocycles. The first-order valence-electron chi connectivity index (χ1n) is 9.47. The maximum Gasteiger partial charge on any atom is 0.348 e. The number of fused-ring (bicyclic) bond motifs is 1. The van der Waals surface area contributed by atoms with Crippen molar-refractivity contribution in [1.29, 1.82) is 0 Å². The van der Waals surface area contributed by atoms with Gasteiger partial charge in [-0.25, -0.2) is 9.78 Å². The Bertz CT molecular complexity index is 1250. The van der Waals surface area contributed by atoms with Crippen LogP contribution in [0.4, 0.5) is 0 Å². The number of thiophene rings is 1. The molecule has 2 heterocycles. The number of hydrogen-bond acceptors (Lipinski definition) is 5. The molecule has 0 spiro atoms. The predicted molar refractivity (Wildman–Crippen MR) is 120 cm³/mol. The fourth-order valence-electron chi connectivity index (χ4n) is 3.22. The number of ether oxygens (including phenoxy) is 1. The van der Waals surface area contributed by atoms with E-state index in [-0.39, 0.29) is 12.2 Å². The topological polar surface area (TPSA) is 61.2 Å². The van der Waals surface area contributed by atoms with E-state index in [1.165, 1.54) is 22.2 Å². The number of carbonyl (C=O) groups is 1. The molecule has 4 rings (SSSR count). The van der Waals surface area contributed by atoms with Crippen molar-refractivity contribution in [3.05, 3.63) is 97.9 Å². The van der Waals surface area contributed by atoms with E-state index in [0.717, 1.165) is 11.1 Å². The van der Waals surface area contributed by atoms with Gasteiger partial charge in [-0.05, 0) is 35.7 Å². The number of benzene rings is 2. The average Bonchev–Trinajstić information content (AvgIpc) is 3.09. The van der Waals surface area contributed by atoms with Crippen LogP contribution in [0.3, 0.4) is 0 Å². The van der Waals surface area contributed by atoms with Crippen molar-refractivity contribution < 1.29 is 9.53 Å². The second-order valence-electron chi connectivity index (χ2n) is 6.91. The quantitative estimate of drug-likeness (QED) is 0.403. The number of rotatable bonds is 6. The highest BCUT2D eigenvalue weighted by Crippen LogP contribution is 2.27. The first-order valence-corrected chi connectivity index (χ1v) is 10.7. The maximum absolute atomic E-state index is 13.0. The summed E-state index contributed by atoms with van der Waals surface area (Å²) in [7, 11) is 0. The van der Waals surface area contributed by atoms with E-state index in [9.17, 15) is 9.59 Å². The van der Waals surface area contributed by atoms with Gasteiger partial charge in [0.1, 0.15) is 9.71 Å². The van der Waals surface area contributed by atoms with E-state index in [0.29, 0.717) is 38.6 Å². The summed E-state index contributed by atoms with van der Waals surface area (Å²) in [5, 5.41) is 1.11. The third-order valence-electron chi connectivity index (χ3n) is 4.84. The smallest absolute Gasteiger partial charge is 0.348 e. The number of halogens is 1. The molecule has 0 radical (unpaired) electrons. The molecular formula is C23H19ClN2O3S. The molecule has 0 aliphatic heterocycles. The lowest BCUT2D eigenvalue weighted by Crippen LogP contribution is -2.21. The molecule has 0 N–H and O–H groups in total. The van der Waals surface area contributed by atoms with E-state index in [4.69, 9.17) is 16.3 Å². The van der Waals surface area contributed by atoms with Gasteiger partial charge in [0, 0.05) is 11.4 Å². The molecular weight excluding hydrogens is 420 g/mol. The van der Waals surface area contributed by atoms with Crippen molar-refractivity contribution in [3.63, 3.8) is 0 Å². The normalized spacial score (nSPS) is 11.0. The first-order chi connectivity index (χ1) is 14.5. The molecule has 152 valence electrons. The Morgan fingerprint density at radius 3 is 2.57 bits per heavy atom. The molecule has 0 unspecified atom stereocenters. The second kappa shape index (κ2) is 8.81.